The molecule has 0 aromatic heterocycles. The summed E-state index contributed by atoms with van der Waals surface area (Å²) in [6.45, 7) is 0. The molecule has 0 spiro atoms. The molecule has 0 bridgehead atoms. The average molecular weight is 403 g/mol. The monoisotopic (exact) mass is 402 g/mol. The highest BCUT2D eigenvalue weighted by atomic mass is 32.2. The van der Waals surface area contributed by atoms with Crippen LogP contribution in [-0.2, 0) is 22.4 Å². The first kappa shape index (κ1) is 19.6. The number of carbonyl (C=O) groups is 2. The van der Waals surface area contributed by atoms with E-state index in [-0.39, 0.29) is 24.0 Å². The van der Waals surface area contributed by atoms with Crippen molar-refractivity contribution in [2.24, 2.45) is 0 Å². The summed E-state index contributed by atoms with van der Waals surface area (Å²) < 4.78 is 0. The first-order valence-corrected chi connectivity index (χ1v) is 11.0. The predicted molar refractivity (Wildman–Crippen MR) is 111 cm³/mol. The zero-order valence-electron chi connectivity index (χ0n) is 15.2. The van der Waals surface area contributed by atoms with Gasteiger partial charge in [0.05, 0.1) is 0 Å². The molecule has 3 rings (SSSR count). The number of carbonyl (C=O) groups excluding carboxylic acids is 2. The number of phenols is 1. The van der Waals surface area contributed by atoms with E-state index in [1.54, 1.807) is 30.5 Å². The lowest BCUT2D eigenvalue weighted by molar-refractivity contribution is -0.139. The predicted octanol–water partition coefficient (Wildman–Crippen LogP) is 2.54. The first-order valence-electron chi connectivity index (χ1n) is 8.51. The Morgan fingerprint density at radius 3 is 1.89 bits per heavy atom. The molecule has 2 atom stereocenters. The number of nitrogens with one attached hydrogen (secondary N) is 2. The molecular weight excluding hydrogens is 380 g/mol. The Morgan fingerprint density at radius 1 is 0.815 bits per heavy atom. The van der Waals surface area contributed by atoms with Crippen LogP contribution >= 0.6 is 23.5 Å². The quantitative estimate of drug-likeness (QED) is 0.692. The zero-order valence-corrected chi connectivity index (χ0v) is 16.8. The number of para-hydroxylation sites is 1. The number of rotatable bonds is 6. The summed E-state index contributed by atoms with van der Waals surface area (Å²) in [5.41, 5.74) is 1.58. The summed E-state index contributed by atoms with van der Waals surface area (Å²) in [5.74, 6) is -0.384. The lowest BCUT2D eigenvalue weighted by Gasteiger charge is -2.44. The average Bonchev–Trinajstić information content (AvgIpc) is 2.68. The van der Waals surface area contributed by atoms with E-state index < -0.39 is 9.74 Å². The number of amides is 2. The number of thioether (sulfide) groups is 2. The summed E-state index contributed by atoms with van der Waals surface area (Å²) in [6.07, 6.45) is 4.20. The van der Waals surface area contributed by atoms with Gasteiger partial charge in [-0.15, -0.1) is 23.5 Å². The van der Waals surface area contributed by atoms with Crippen molar-refractivity contribution in [1.82, 2.24) is 10.6 Å². The maximum atomic E-state index is 13.1. The van der Waals surface area contributed by atoms with Gasteiger partial charge in [-0.2, -0.15) is 0 Å². The normalized spacial score (nSPS) is 25.0. The van der Waals surface area contributed by atoms with Gasteiger partial charge in [-0.1, -0.05) is 48.5 Å². The number of phenolic OH excluding ortho intramolecular Hbond substituents is 1. The molecule has 142 valence electrons. The van der Waals surface area contributed by atoms with E-state index in [4.69, 9.17) is 0 Å². The van der Waals surface area contributed by atoms with Gasteiger partial charge in [0.2, 0.25) is 0 Å². The van der Waals surface area contributed by atoms with Gasteiger partial charge in [0.25, 0.3) is 11.8 Å². The van der Waals surface area contributed by atoms with Crippen LogP contribution in [0.15, 0.2) is 54.6 Å². The summed E-state index contributed by atoms with van der Waals surface area (Å²) in [5, 5.41) is 16.0. The molecule has 0 unspecified atom stereocenters. The van der Waals surface area contributed by atoms with Crippen LogP contribution in [0.5, 0.6) is 5.75 Å². The van der Waals surface area contributed by atoms with E-state index in [9.17, 15) is 14.7 Å². The van der Waals surface area contributed by atoms with E-state index in [1.165, 1.54) is 23.5 Å². The van der Waals surface area contributed by atoms with Crippen molar-refractivity contribution in [3.8, 4) is 5.75 Å². The standard InChI is InChI=1S/C20H22N2O3S2/c1-26-19(12-14-8-4-3-5-9-14)17(24)22-20(27-2,18(25)21-19)13-15-10-6-7-11-16(15)23/h3-11,23H,12-13H2,1-2H3,(H,21,25)(H,22,24)/t19-,20-/m1/s1. The Morgan fingerprint density at radius 2 is 1.33 bits per heavy atom. The molecule has 2 amide bonds. The van der Waals surface area contributed by atoms with Gasteiger partial charge in [0, 0.05) is 12.8 Å². The van der Waals surface area contributed by atoms with Gasteiger partial charge in [0.15, 0.2) is 9.74 Å². The van der Waals surface area contributed by atoms with Crippen LogP contribution < -0.4 is 10.6 Å². The fraction of sp³-hybridized carbons (Fsp3) is 0.300. The van der Waals surface area contributed by atoms with Crippen molar-refractivity contribution in [2.75, 3.05) is 12.5 Å². The van der Waals surface area contributed by atoms with Crippen LogP contribution in [-0.4, -0.2) is 39.2 Å². The van der Waals surface area contributed by atoms with Crippen molar-refractivity contribution in [1.29, 1.82) is 0 Å². The van der Waals surface area contributed by atoms with Crippen LogP contribution in [0.2, 0.25) is 0 Å². The van der Waals surface area contributed by atoms with Crippen molar-refractivity contribution < 1.29 is 14.7 Å². The summed E-state index contributed by atoms with van der Waals surface area (Å²) in [4.78, 5) is 24.0. The van der Waals surface area contributed by atoms with E-state index in [0.29, 0.717) is 12.0 Å². The number of hydrogen-bond acceptors (Lipinski definition) is 5. The molecule has 1 fully saturated rings. The first-order chi connectivity index (χ1) is 12.9. The lowest BCUT2D eigenvalue weighted by Crippen LogP contribution is -2.73. The van der Waals surface area contributed by atoms with Crippen molar-refractivity contribution in [2.45, 2.75) is 22.6 Å². The second-order valence-corrected chi connectivity index (χ2v) is 8.65. The molecule has 1 aliphatic rings. The van der Waals surface area contributed by atoms with Crippen LogP contribution in [0.4, 0.5) is 0 Å². The van der Waals surface area contributed by atoms with E-state index in [0.717, 1.165) is 5.56 Å². The molecule has 0 aliphatic carbocycles. The van der Waals surface area contributed by atoms with Crippen LogP contribution in [0.3, 0.4) is 0 Å². The molecule has 1 heterocycles. The van der Waals surface area contributed by atoms with Gasteiger partial charge in [-0.05, 0) is 29.7 Å². The Labute approximate surface area is 167 Å². The summed E-state index contributed by atoms with van der Waals surface area (Å²) in [6, 6.07) is 16.5. The minimum absolute atomic E-state index is 0.110. The van der Waals surface area contributed by atoms with E-state index in [2.05, 4.69) is 10.6 Å². The molecule has 2 aromatic rings. The fourth-order valence-electron chi connectivity index (χ4n) is 3.17. The maximum Gasteiger partial charge on any atom is 0.258 e. The second-order valence-electron chi connectivity index (χ2n) is 6.44. The Kier molecular flexibility index (Phi) is 5.72. The van der Waals surface area contributed by atoms with Gasteiger partial charge in [-0.25, -0.2) is 0 Å². The minimum Gasteiger partial charge on any atom is -0.508 e. The smallest absolute Gasteiger partial charge is 0.258 e. The molecule has 0 saturated carbocycles. The zero-order chi connectivity index (χ0) is 19.5. The molecule has 0 radical (unpaired) electrons. The van der Waals surface area contributed by atoms with Gasteiger partial charge >= 0.3 is 0 Å². The third-order valence-electron chi connectivity index (χ3n) is 4.79. The number of aromatic hydroxyl groups is 1. The minimum atomic E-state index is -1.16. The Bertz CT molecular complexity index is 846. The highest BCUT2D eigenvalue weighted by Crippen LogP contribution is 2.36. The molecule has 3 N–H and O–H groups in total. The van der Waals surface area contributed by atoms with Crippen LogP contribution in [0, 0.1) is 0 Å². The third kappa shape index (κ3) is 3.80. The molecule has 7 heteroatoms. The third-order valence-corrected chi connectivity index (χ3v) is 7.05. The van der Waals surface area contributed by atoms with Crippen LogP contribution in [0.1, 0.15) is 11.1 Å². The molecule has 27 heavy (non-hydrogen) atoms. The molecule has 1 saturated heterocycles. The maximum absolute atomic E-state index is 13.1. The fourth-order valence-corrected chi connectivity index (χ4v) is 4.65. The number of hydrogen-bond donors (Lipinski definition) is 3. The second kappa shape index (κ2) is 7.86. The van der Waals surface area contributed by atoms with Crippen molar-refractivity contribution in [3.05, 3.63) is 65.7 Å². The van der Waals surface area contributed by atoms with Gasteiger partial charge < -0.3 is 15.7 Å². The lowest BCUT2D eigenvalue weighted by atomic mass is 9.97. The van der Waals surface area contributed by atoms with Crippen molar-refractivity contribution >= 4 is 35.3 Å². The van der Waals surface area contributed by atoms with Crippen molar-refractivity contribution in [3.63, 3.8) is 0 Å². The highest BCUT2D eigenvalue weighted by molar-refractivity contribution is 8.01. The number of piperazine rings is 1. The van der Waals surface area contributed by atoms with Crippen LogP contribution in [0.25, 0.3) is 0 Å². The SMILES string of the molecule is CS[C@@]1(Cc2ccccc2)NC(=O)[C@@](Cc2ccccc2O)(SC)NC1=O. The largest absolute Gasteiger partial charge is 0.508 e. The number of benzene rings is 2. The van der Waals surface area contributed by atoms with E-state index in [1.807, 2.05) is 36.6 Å². The molecule has 2 aromatic carbocycles. The van der Waals surface area contributed by atoms with E-state index >= 15 is 0 Å². The highest BCUT2D eigenvalue weighted by Gasteiger charge is 2.53. The molecular formula is C20H22N2O3S2. The van der Waals surface area contributed by atoms with Gasteiger partial charge in [-0.3, -0.25) is 9.59 Å². The summed E-state index contributed by atoms with van der Waals surface area (Å²) in [7, 11) is 0. The Balaban J connectivity index is 1.89. The molecule has 5 nitrogen and oxygen atoms in total. The Hall–Kier alpha value is -2.12. The topological polar surface area (TPSA) is 78.4 Å². The molecule has 1 aliphatic heterocycles. The summed E-state index contributed by atoms with van der Waals surface area (Å²) >= 11 is 2.58. The van der Waals surface area contributed by atoms with Gasteiger partial charge in [0.1, 0.15) is 5.75 Å².